The SMILES string of the molecule is Cc1sc(N2CCOCC2)nc1-c1cc(Br)cc(Br)c1O. The van der Waals surface area contributed by atoms with Crippen molar-refractivity contribution in [2.24, 2.45) is 0 Å². The Hall–Kier alpha value is -0.630. The van der Waals surface area contributed by atoms with Crippen LogP contribution < -0.4 is 4.90 Å². The van der Waals surface area contributed by atoms with Crippen LogP contribution in [0.5, 0.6) is 5.75 Å². The number of hydrogen-bond acceptors (Lipinski definition) is 5. The van der Waals surface area contributed by atoms with Crippen molar-refractivity contribution in [3.05, 3.63) is 26.0 Å². The predicted octanol–water partition coefficient (Wildman–Crippen LogP) is 4.19. The van der Waals surface area contributed by atoms with Gasteiger partial charge in [0.1, 0.15) is 5.75 Å². The van der Waals surface area contributed by atoms with Gasteiger partial charge in [0.25, 0.3) is 0 Å². The van der Waals surface area contributed by atoms with E-state index in [1.165, 1.54) is 0 Å². The molecule has 1 aliphatic heterocycles. The number of benzene rings is 1. The molecule has 1 N–H and O–H groups in total. The summed E-state index contributed by atoms with van der Waals surface area (Å²) in [4.78, 5) is 8.06. The average Bonchev–Trinajstić information content (AvgIpc) is 2.86. The van der Waals surface area contributed by atoms with E-state index in [2.05, 4.69) is 36.8 Å². The van der Waals surface area contributed by atoms with Gasteiger partial charge in [-0.2, -0.15) is 0 Å². The number of rotatable bonds is 2. The van der Waals surface area contributed by atoms with Gasteiger partial charge in [-0.15, -0.1) is 11.3 Å². The Bertz CT molecular complexity index is 669. The van der Waals surface area contributed by atoms with Crippen molar-refractivity contribution in [2.75, 3.05) is 31.2 Å². The molecule has 1 fully saturated rings. The molecule has 112 valence electrons. The molecule has 2 heterocycles. The van der Waals surface area contributed by atoms with Crippen molar-refractivity contribution in [1.29, 1.82) is 0 Å². The first-order valence-corrected chi connectivity index (χ1v) is 8.95. The zero-order valence-corrected chi connectivity index (χ0v) is 15.4. The summed E-state index contributed by atoms with van der Waals surface area (Å²) in [6.45, 7) is 5.23. The van der Waals surface area contributed by atoms with Gasteiger partial charge in [-0.1, -0.05) is 15.9 Å². The minimum Gasteiger partial charge on any atom is -0.506 e. The molecule has 0 aliphatic carbocycles. The highest BCUT2D eigenvalue weighted by atomic mass is 79.9. The molecule has 0 atom stereocenters. The first kappa shape index (κ1) is 15.3. The fourth-order valence-corrected chi connectivity index (χ4v) is 4.47. The number of morpholine rings is 1. The van der Waals surface area contributed by atoms with Crippen LogP contribution in [0.4, 0.5) is 5.13 Å². The number of hydrogen-bond donors (Lipinski definition) is 1. The number of phenols is 1. The van der Waals surface area contributed by atoms with Crippen LogP contribution in [-0.4, -0.2) is 36.4 Å². The average molecular weight is 434 g/mol. The van der Waals surface area contributed by atoms with E-state index >= 15 is 0 Å². The third-order valence-corrected chi connectivity index (χ3v) is 5.44. The van der Waals surface area contributed by atoms with E-state index in [0.717, 1.165) is 52.0 Å². The Labute approximate surface area is 144 Å². The molecule has 4 nitrogen and oxygen atoms in total. The molecule has 3 rings (SSSR count). The van der Waals surface area contributed by atoms with Crippen molar-refractivity contribution in [1.82, 2.24) is 4.98 Å². The first-order valence-electron chi connectivity index (χ1n) is 6.55. The summed E-state index contributed by atoms with van der Waals surface area (Å²) < 4.78 is 6.94. The molecule has 0 amide bonds. The van der Waals surface area contributed by atoms with Gasteiger partial charge < -0.3 is 14.7 Å². The molecular formula is C14H14Br2N2O2S. The van der Waals surface area contributed by atoms with Crippen LogP contribution in [0.2, 0.25) is 0 Å². The fraction of sp³-hybridized carbons (Fsp3) is 0.357. The number of anilines is 1. The van der Waals surface area contributed by atoms with E-state index in [9.17, 15) is 5.11 Å². The maximum atomic E-state index is 10.3. The molecule has 21 heavy (non-hydrogen) atoms. The maximum Gasteiger partial charge on any atom is 0.186 e. The Morgan fingerprint density at radius 3 is 2.71 bits per heavy atom. The van der Waals surface area contributed by atoms with Crippen LogP contribution >= 0.6 is 43.2 Å². The van der Waals surface area contributed by atoms with E-state index in [-0.39, 0.29) is 5.75 Å². The van der Waals surface area contributed by atoms with Gasteiger partial charge in [-0.25, -0.2) is 4.98 Å². The summed E-state index contributed by atoms with van der Waals surface area (Å²) in [7, 11) is 0. The lowest BCUT2D eigenvalue weighted by Crippen LogP contribution is -2.36. The van der Waals surface area contributed by atoms with Crippen molar-refractivity contribution in [3.63, 3.8) is 0 Å². The molecule has 1 aromatic carbocycles. The van der Waals surface area contributed by atoms with Crippen molar-refractivity contribution >= 4 is 48.3 Å². The van der Waals surface area contributed by atoms with Crippen LogP contribution in [0, 0.1) is 6.92 Å². The van der Waals surface area contributed by atoms with Gasteiger partial charge in [0.15, 0.2) is 5.13 Å². The van der Waals surface area contributed by atoms with Gasteiger partial charge in [0, 0.05) is 28.0 Å². The molecule has 0 saturated carbocycles. The Balaban J connectivity index is 2.01. The second-order valence-electron chi connectivity index (χ2n) is 4.78. The lowest BCUT2D eigenvalue weighted by molar-refractivity contribution is 0.122. The van der Waals surface area contributed by atoms with Crippen LogP contribution in [-0.2, 0) is 4.74 Å². The molecule has 0 spiro atoms. The minimum absolute atomic E-state index is 0.222. The Morgan fingerprint density at radius 2 is 2.00 bits per heavy atom. The van der Waals surface area contributed by atoms with E-state index in [1.54, 1.807) is 11.3 Å². The third kappa shape index (κ3) is 3.11. The smallest absolute Gasteiger partial charge is 0.186 e. The van der Waals surface area contributed by atoms with Crippen LogP contribution in [0.25, 0.3) is 11.3 Å². The van der Waals surface area contributed by atoms with E-state index in [1.807, 2.05) is 19.1 Å². The minimum atomic E-state index is 0.222. The molecule has 1 saturated heterocycles. The topological polar surface area (TPSA) is 45.6 Å². The molecule has 1 aromatic heterocycles. The number of halogens is 2. The summed E-state index contributed by atoms with van der Waals surface area (Å²) >= 11 is 8.48. The van der Waals surface area contributed by atoms with Gasteiger partial charge in [-0.3, -0.25) is 0 Å². The van der Waals surface area contributed by atoms with Gasteiger partial charge in [0.05, 0.1) is 23.4 Å². The summed E-state index contributed by atoms with van der Waals surface area (Å²) in [6, 6.07) is 3.72. The van der Waals surface area contributed by atoms with Crippen LogP contribution in [0.3, 0.4) is 0 Å². The van der Waals surface area contributed by atoms with Crippen molar-refractivity contribution < 1.29 is 9.84 Å². The third-order valence-electron chi connectivity index (χ3n) is 3.35. The second kappa shape index (κ2) is 6.24. The van der Waals surface area contributed by atoms with Crippen molar-refractivity contribution in [2.45, 2.75) is 6.92 Å². The molecule has 0 unspecified atom stereocenters. The predicted molar refractivity (Wildman–Crippen MR) is 92.4 cm³/mol. The highest BCUT2D eigenvalue weighted by Crippen LogP contribution is 2.41. The van der Waals surface area contributed by atoms with Crippen LogP contribution in [0.1, 0.15) is 4.88 Å². The maximum absolute atomic E-state index is 10.3. The number of phenolic OH excluding ortho intramolecular Hbond substituents is 1. The van der Waals surface area contributed by atoms with E-state index in [0.29, 0.717) is 4.47 Å². The number of aromatic nitrogens is 1. The Kier molecular flexibility index (Phi) is 4.54. The van der Waals surface area contributed by atoms with Gasteiger partial charge in [0.2, 0.25) is 0 Å². The normalized spacial score (nSPS) is 15.5. The largest absolute Gasteiger partial charge is 0.506 e. The quantitative estimate of drug-likeness (QED) is 0.771. The summed E-state index contributed by atoms with van der Waals surface area (Å²) in [5.74, 6) is 0.222. The molecule has 2 aromatic rings. The van der Waals surface area contributed by atoms with Crippen molar-refractivity contribution in [3.8, 4) is 17.0 Å². The van der Waals surface area contributed by atoms with Gasteiger partial charge in [-0.05, 0) is 35.0 Å². The molecule has 7 heteroatoms. The van der Waals surface area contributed by atoms with Gasteiger partial charge >= 0.3 is 0 Å². The first-order chi connectivity index (χ1) is 10.1. The van der Waals surface area contributed by atoms with E-state index < -0.39 is 0 Å². The monoisotopic (exact) mass is 432 g/mol. The second-order valence-corrected chi connectivity index (χ2v) is 7.74. The van der Waals surface area contributed by atoms with E-state index in [4.69, 9.17) is 9.72 Å². The number of aromatic hydroxyl groups is 1. The molecule has 0 radical (unpaired) electrons. The number of aryl methyl sites for hydroxylation is 1. The lowest BCUT2D eigenvalue weighted by Gasteiger charge is -2.26. The summed E-state index contributed by atoms with van der Waals surface area (Å²) in [6.07, 6.45) is 0. The summed E-state index contributed by atoms with van der Waals surface area (Å²) in [5.41, 5.74) is 1.57. The Morgan fingerprint density at radius 1 is 1.29 bits per heavy atom. The number of ether oxygens (including phenoxy) is 1. The number of thiazole rings is 1. The highest BCUT2D eigenvalue weighted by Gasteiger charge is 2.20. The highest BCUT2D eigenvalue weighted by molar-refractivity contribution is 9.11. The molecule has 1 aliphatic rings. The zero-order chi connectivity index (χ0) is 15.0. The molecular weight excluding hydrogens is 420 g/mol. The van der Waals surface area contributed by atoms with Crippen LogP contribution in [0.15, 0.2) is 21.1 Å². The standard InChI is InChI=1S/C14H14Br2N2O2S/c1-8-12(10-6-9(15)7-11(16)13(10)19)17-14(21-8)18-2-4-20-5-3-18/h6-7,19H,2-5H2,1H3. The fourth-order valence-electron chi connectivity index (χ4n) is 2.27. The lowest BCUT2D eigenvalue weighted by atomic mass is 10.1. The summed E-state index contributed by atoms with van der Waals surface area (Å²) in [5, 5.41) is 11.3. The number of nitrogens with zero attached hydrogens (tertiary/aromatic N) is 2. The molecule has 0 bridgehead atoms. The zero-order valence-electron chi connectivity index (χ0n) is 11.4.